The molecule has 0 amide bonds. The molecule has 0 heterocycles. The Morgan fingerprint density at radius 1 is 1.35 bits per heavy atom. The second-order valence-electron chi connectivity index (χ2n) is 5.41. The molecule has 2 rings (SSSR count). The molecule has 1 fully saturated rings. The Balaban J connectivity index is 1.89. The van der Waals surface area contributed by atoms with Gasteiger partial charge in [0.2, 0.25) is 0 Å². The van der Waals surface area contributed by atoms with Gasteiger partial charge in [-0.05, 0) is 42.9 Å². The van der Waals surface area contributed by atoms with Crippen molar-refractivity contribution in [2.45, 2.75) is 50.6 Å². The number of aliphatic carboxylic acids is 1. The molecule has 0 radical (unpaired) electrons. The number of carbonyl (C=O) groups is 1. The molecule has 110 valence electrons. The van der Waals surface area contributed by atoms with Gasteiger partial charge in [-0.25, -0.2) is 8.78 Å². The molecule has 1 aliphatic carbocycles. The van der Waals surface area contributed by atoms with Gasteiger partial charge in [0, 0.05) is 12.1 Å². The number of carboxylic acid groups (broad SMARTS) is 1. The van der Waals surface area contributed by atoms with Crippen molar-refractivity contribution in [3.8, 4) is 0 Å². The Bertz CT molecular complexity index is 467. The fraction of sp³-hybridized carbons (Fsp3) is 0.533. The summed E-state index contributed by atoms with van der Waals surface area (Å²) in [6.45, 7) is 1.94. The van der Waals surface area contributed by atoms with Crippen LogP contribution in [-0.2, 0) is 4.79 Å². The maximum atomic E-state index is 13.1. The smallest absolute Gasteiger partial charge is 0.320 e. The molecule has 0 saturated heterocycles. The summed E-state index contributed by atoms with van der Waals surface area (Å²) in [4.78, 5) is 11.0. The lowest BCUT2D eigenvalue weighted by Gasteiger charge is -2.38. The average Bonchev–Trinajstić information content (AvgIpc) is 2.29. The molecule has 1 aliphatic rings. The number of benzene rings is 1. The Kier molecular flexibility index (Phi) is 4.70. The SMILES string of the molecule is CCCC(NC1CC(c2cc(F)cc(F)c2)C1)C(=O)O. The highest BCUT2D eigenvalue weighted by molar-refractivity contribution is 5.73. The first-order valence-corrected chi connectivity index (χ1v) is 6.94. The highest BCUT2D eigenvalue weighted by Crippen LogP contribution is 2.37. The van der Waals surface area contributed by atoms with Gasteiger partial charge in [-0.1, -0.05) is 13.3 Å². The van der Waals surface area contributed by atoms with E-state index in [1.54, 1.807) is 0 Å². The van der Waals surface area contributed by atoms with Crippen molar-refractivity contribution < 1.29 is 18.7 Å². The van der Waals surface area contributed by atoms with Crippen molar-refractivity contribution in [2.24, 2.45) is 0 Å². The second kappa shape index (κ2) is 6.31. The van der Waals surface area contributed by atoms with E-state index in [1.807, 2.05) is 6.92 Å². The summed E-state index contributed by atoms with van der Waals surface area (Å²) in [5, 5.41) is 12.2. The maximum Gasteiger partial charge on any atom is 0.320 e. The van der Waals surface area contributed by atoms with Gasteiger partial charge < -0.3 is 10.4 Å². The predicted octanol–water partition coefficient (Wildman–Crippen LogP) is 3.05. The largest absolute Gasteiger partial charge is 0.480 e. The van der Waals surface area contributed by atoms with E-state index in [0.29, 0.717) is 12.0 Å². The van der Waals surface area contributed by atoms with Gasteiger partial charge in [0.1, 0.15) is 17.7 Å². The monoisotopic (exact) mass is 283 g/mol. The first kappa shape index (κ1) is 14.9. The molecule has 5 heteroatoms. The Hall–Kier alpha value is -1.49. The van der Waals surface area contributed by atoms with E-state index in [1.165, 1.54) is 12.1 Å². The number of halogens is 2. The summed E-state index contributed by atoms with van der Waals surface area (Å²) in [5.74, 6) is -1.86. The molecule has 20 heavy (non-hydrogen) atoms. The van der Waals surface area contributed by atoms with Gasteiger partial charge in [0.25, 0.3) is 0 Å². The standard InChI is InChI=1S/C15H19F2NO2/c1-2-3-14(15(19)20)18-13-6-10(7-13)9-4-11(16)8-12(17)5-9/h4-5,8,10,13-14,18H,2-3,6-7H2,1H3,(H,19,20). The third-order valence-electron chi connectivity index (χ3n) is 3.81. The molecule has 1 saturated carbocycles. The Labute approximate surface area is 117 Å². The summed E-state index contributed by atoms with van der Waals surface area (Å²) in [7, 11) is 0. The summed E-state index contributed by atoms with van der Waals surface area (Å²) >= 11 is 0. The van der Waals surface area contributed by atoms with E-state index in [0.717, 1.165) is 25.3 Å². The lowest BCUT2D eigenvalue weighted by molar-refractivity contribution is -0.140. The molecule has 0 aromatic heterocycles. The highest BCUT2D eigenvalue weighted by atomic mass is 19.1. The van der Waals surface area contributed by atoms with E-state index < -0.39 is 23.6 Å². The first-order chi connectivity index (χ1) is 9.49. The fourth-order valence-corrected chi connectivity index (χ4v) is 2.69. The summed E-state index contributed by atoms with van der Waals surface area (Å²) < 4.78 is 26.3. The number of nitrogens with one attached hydrogen (secondary N) is 1. The van der Waals surface area contributed by atoms with Gasteiger partial charge in [0.05, 0.1) is 0 Å². The average molecular weight is 283 g/mol. The molecule has 0 spiro atoms. The predicted molar refractivity (Wildman–Crippen MR) is 71.6 cm³/mol. The molecule has 1 unspecified atom stereocenters. The van der Waals surface area contributed by atoms with Crippen molar-refractivity contribution in [3.63, 3.8) is 0 Å². The Morgan fingerprint density at radius 2 is 1.95 bits per heavy atom. The van der Waals surface area contributed by atoms with Crippen LogP contribution in [0.1, 0.15) is 44.1 Å². The number of hydrogen-bond donors (Lipinski definition) is 2. The quantitative estimate of drug-likeness (QED) is 0.843. The first-order valence-electron chi connectivity index (χ1n) is 6.94. The number of carboxylic acids is 1. The summed E-state index contributed by atoms with van der Waals surface area (Å²) in [6, 6.07) is 3.14. The number of rotatable bonds is 6. The van der Waals surface area contributed by atoms with E-state index in [2.05, 4.69) is 5.32 Å². The molecule has 1 aromatic rings. The molecule has 1 atom stereocenters. The second-order valence-corrected chi connectivity index (χ2v) is 5.41. The van der Waals surface area contributed by atoms with E-state index in [-0.39, 0.29) is 12.0 Å². The van der Waals surface area contributed by atoms with Crippen molar-refractivity contribution in [3.05, 3.63) is 35.4 Å². The topological polar surface area (TPSA) is 49.3 Å². The minimum Gasteiger partial charge on any atom is -0.480 e. The van der Waals surface area contributed by atoms with Gasteiger partial charge in [-0.15, -0.1) is 0 Å². The maximum absolute atomic E-state index is 13.1. The zero-order valence-electron chi connectivity index (χ0n) is 11.4. The van der Waals surface area contributed by atoms with Crippen LogP contribution in [0.15, 0.2) is 18.2 Å². The van der Waals surface area contributed by atoms with Gasteiger partial charge in [0.15, 0.2) is 0 Å². The van der Waals surface area contributed by atoms with E-state index >= 15 is 0 Å². The van der Waals surface area contributed by atoms with Gasteiger partial charge >= 0.3 is 5.97 Å². The molecule has 0 bridgehead atoms. The van der Waals surface area contributed by atoms with Gasteiger partial charge in [-0.2, -0.15) is 0 Å². The van der Waals surface area contributed by atoms with Crippen LogP contribution >= 0.6 is 0 Å². The number of hydrogen-bond acceptors (Lipinski definition) is 2. The molecule has 1 aromatic carbocycles. The highest BCUT2D eigenvalue weighted by Gasteiger charge is 2.33. The minimum absolute atomic E-state index is 0.105. The molecule has 3 nitrogen and oxygen atoms in total. The molecular weight excluding hydrogens is 264 g/mol. The molecule has 0 aliphatic heterocycles. The third kappa shape index (κ3) is 3.54. The minimum atomic E-state index is -0.841. The summed E-state index contributed by atoms with van der Waals surface area (Å²) in [6.07, 6.45) is 2.83. The van der Waals surface area contributed by atoms with Crippen molar-refractivity contribution >= 4 is 5.97 Å². The zero-order valence-corrected chi connectivity index (χ0v) is 11.4. The van der Waals surface area contributed by atoms with Crippen LogP contribution in [-0.4, -0.2) is 23.2 Å². The van der Waals surface area contributed by atoms with Crippen LogP contribution < -0.4 is 5.32 Å². The van der Waals surface area contributed by atoms with Crippen LogP contribution in [0.4, 0.5) is 8.78 Å². The normalized spacial score (nSPS) is 23.1. The lowest BCUT2D eigenvalue weighted by Crippen LogP contribution is -2.48. The van der Waals surface area contributed by atoms with Crippen LogP contribution in [0, 0.1) is 11.6 Å². The van der Waals surface area contributed by atoms with Crippen LogP contribution in [0.2, 0.25) is 0 Å². The fourth-order valence-electron chi connectivity index (χ4n) is 2.69. The van der Waals surface area contributed by atoms with Gasteiger partial charge in [-0.3, -0.25) is 4.79 Å². The van der Waals surface area contributed by atoms with Crippen LogP contribution in [0.3, 0.4) is 0 Å². The van der Waals surface area contributed by atoms with E-state index in [4.69, 9.17) is 5.11 Å². The molecular formula is C15H19F2NO2. The van der Waals surface area contributed by atoms with Crippen LogP contribution in [0.25, 0.3) is 0 Å². The van der Waals surface area contributed by atoms with Crippen molar-refractivity contribution in [1.82, 2.24) is 5.32 Å². The van der Waals surface area contributed by atoms with Crippen LogP contribution in [0.5, 0.6) is 0 Å². The van der Waals surface area contributed by atoms with Crippen molar-refractivity contribution in [2.75, 3.05) is 0 Å². The zero-order chi connectivity index (χ0) is 14.7. The third-order valence-corrected chi connectivity index (χ3v) is 3.81. The lowest BCUT2D eigenvalue weighted by atomic mass is 9.75. The summed E-state index contributed by atoms with van der Waals surface area (Å²) in [5.41, 5.74) is 0.655. The van der Waals surface area contributed by atoms with Crippen molar-refractivity contribution in [1.29, 1.82) is 0 Å². The van der Waals surface area contributed by atoms with E-state index in [9.17, 15) is 13.6 Å². The Morgan fingerprint density at radius 3 is 2.45 bits per heavy atom. The molecule has 2 N–H and O–H groups in total.